The normalized spacial score (nSPS) is 16.2. The van der Waals surface area contributed by atoms with Crippen LogP contribution in [-0.4, -0.2) is 9.97 Å². The van der Waals surface area contributed by atoms with Gasteiger partial charge in [0.15, 0.2) is 0 Å². The number of benzene rings is 2. The van der Waals surface area contributed by atoms with Crippen LogP contribution in [0.5, 0.6) is 5.75 Å². The molecule has 1 atom stereocenters. The van der Waals surface area contributed by atoms with Gasteiger partial charge in [0.05, 0.1) is 0 Å². The number of allylic oxidation sites excluding steroid dienone is 1. The predicted octanol–water partition coefficient (Wildman–Crippen LogP) is 5.13. The summed E-state index contributed by atoms with van der Waals surface area (Å²) >= 11 is 0. The molecule has 0 saturated carbocycles. The predicted molar refractivity (Wildman–Crippen MR) is 99.4 cm³/mol. The SMILES string of the molecule is C1=C(c2ccccc2)Oc2ccccc2C1c1c[nH]c2ncccc12. The summed E-state index contributed by atoms with van der Waals surface area (Å²) in [5.41, 5.74) is 4.38. The maximum Gasteiger partial charge on any atom is 0.137 e. The second-order valence-corrected chi connectivity index (χ2v) is 6.16. The van der Waals surface area contributed by atoms with Crippen molar-refractivity contribution in [2.75, 3.05) is 0 Å². The molecule has 0 saturated heterocycles. The molecule has 0 aliphatic carbocycles. The van der Waals surface area contributed by atoms with Gasteiger partial charge in [-0.1, -0.05) is 48.5 Å². The number of nitrogens with one attached hydrogen (secondary N) is 1. The minimum absolute atomic E-state index is 0.123. The summed E-state index contributed by atoms with van der Waals surface area (Å²) < 4.78 is 6.19. The van der Waals surface area contributed by atoms with Crippen LogP contribution < -0.4 is 4.74 Å². The third-order valence-corrected chi connectivity index (χ3v) is 4.67. The number of pyridine rings is 1. The molecule has 3 nitrogen and oxygen atoms in total. The Morgan fingerprint density at radius 2 is 1.68 bits per heavy atom. The third-order valence-electron chi connectivity index (χ3n) is 4.67. The van der Waals surface area contributed by atoms with Crippen molar-refractivity contribution in [2.45, 2.75) is 5.92 Å². The highest BCUT2D eigenvalue weighted by Gasteiger charge is 2.25. The lowest BCUT2D eigenvalue weighted by atomic mass is 9.88. The van der Waals surface area contributed by atoms with Gasteiger partial charge in [-0.3, -0.25) is 0 Å². The Balaban J connectivity index is 1.72. The number of hydrogen-bond donors (Lipinski definition) is 1. The molecule has 1 aliphatic heterocycles. The van der Waals surface area contributed by atoms with Gasteiger partial charge in [0, 0.05) is 34.8 Å². The molecule has 0 radical (unpaired) electrons. The number of aromatic nitrogens is 2. The standard InChI is InChI=1S/C22H16N2O/c1-2-7-15(8-3-1)21-13-18(16-9-4-5-11-20(16)25-21)19-14-24-22-17(19)10-6-12-23-22/h1-14,18H,(H,23,24). The Morgan fingerprint density at radius 1 is 0.840 bits per heavy atom. The van der Waals surface area contributed by atoms with Crippen LogP contribution in [-0.2, 0) is 0 Å². The van der Waals surface area contributed by atoms with Crippen molar-refractivity contribution in [3.05, 3.63) is 102 Å². The van der Waals surface area contributed by atoms with Gasteiger partial charge in [-0.25, -0.2) is 4.98 Å². The van der Waals surface area contributed by atoms with Crippen LogP contribution in [0.25, 0.3) is 16.8 Å². The van der Waals surface area contributed by atoms with Crippen LogP contribution in [0.15, 0.2) is 85.2 Å². The van der Waals surface area contributed by atoms with Gasteiger partial charge >= 0.3 is 0 Å². The lowest BCUT2D eigenvalue weighted by Crippen LogP contribution is -2.10. The molecule has 3 heteroatoms. The van der Waals surface area contributed by atoms with Gasteiger partial charge in [0.2, 0.25) is 0 Å². The Kier molecular flexibility index (Phi) is 3.17. The fourth-order valence-electron chi connectivity index (χ4n) is 3.47. The second-order valence-electron chi connectivity index (χ2n) is 6.16. The van der Waals surface area contributed by atoms with E-state index >= 15 is 0 Å². The van der Waals surface area contributed by atoms with Crippen molar-refractivity contribution in [2.24, 2.45) is 0 Å². The lowest BCUT2D eigenvalue weighted by molar-refractivity contribution is 0.493. The zero-order chi connectivity index (χ0) is 16.6. The molecule has 0 fully saturated rings. The largest absolute Gasteiger partial charge is 0.457 e. The lowest BCUT2D eigenvalue weighted by Gasteiger charge is -2.25. The fourth-order valence-corrected chi connectivity index (χ4v) is 3.47. The summed E-state index contributed by atoms with van der Waals surface area (Å²) in [4.78, 5) is 7.71. The van der Waals surface area contributed by atoms with E-state index in [9.17, 15) is 0 Å². The monoisotopic (exact) mass is 324 g/mol. The van der Waals surface area contributed by atoms with Gasteiger partial charge in [-0.2, -0.15) is 0 Å². The van der Waals surface area contributed by atoms with Crippen LogP contribution in [0.4, 0.5) is 0 Å². The summed E-state index contributed by atoms with van der Waals surface area (Å²) in [5.74, 6) is 1.92. The number of H-pyrrole nitrogens is 1. The summed E-state index contributed by atoms with van der Waals surface area (Å²) in [5, 5.41) is 1.15. The molecule has 25 heavy (non-hydrogen) atoms. The van der Waals surface area contributed by atoms with Crippen LogP contribution in [0.2, 0.25) is 0 Å². The van der Waals surface area contributed by atoms with E-state index in [4.69, 9.17) is 4.74 Å². The van der Waals surface area contributed by atoms with E-state index in [0.29, 0.717) is 0 Å². The Labute approximate surface area is 145 Å². The van der Waals surface area contributed by atoms with Crippen LogP contribution >= 0.6 is 0 Å². The summed E-state index contributed by atoms with van der Waals surface area (Å²) in [6, 6.07) is 22.6. The molecular weight excluding hydrogens is 308 g/mol. The van der Waals surface area contributed by atoms with Crippen molar-refractivity contribution in [3.8, 4) is 5.75 Å². The highest BCUT2D eigenvalue weighted by molar-refractivity contribution is 5.82. The number of aromatic amines is 1. The highest BCUT2D eigenvalue weighted by Crippen LogP contribution is 2.42. The van der Waals surface area contributed by atoms with E-state index in [1.54, 1.807) is 0 Å². The molecule has 0 bridgehead atoms. The van der Waals surface area contributed by atoms with E-state index in [-0.39, 0.29) is 5.92 Å². The van der Waals surface area contributed by atoms with E-state index in [2.05, 4.69) is 52.6 Å². The van der Waals surface area contributed by atoms with E-state index in [0.717, 1.165) is 28.1 Å². The number of ether oxygens (including phenoxy) is 1. The van der Waals surface area contributed by atoms with Crippen LogP contribution in [0.3, 0.4) is 0 Å². The van der Waals surface area contributed by atoms with E-state index < -0.39 is 0 Å². The molecule has 0 amide bonds. The quantitative estimate of drug-likeness (QED) is 0.555. The number of hydrogen-bond acceptors (Lipinski definition) is 2. The highest BCUT2D eigenvalue weighted by atomic mass is 16.5. The number of fused-ring (bicyclic) bond motifs is 2. The third kappa shape index (κ3) is 2.32. The zero-order valence-electron chi connectivity index (χ0n) is 13.5. The molecule has 5 rings (SSSR count). The maximum atomic E-state index is 6.19. The second kappa shape index (κ2) is 5.64. The number of para-hydroxylation sites is 1. The van der Waals surface area contributed by atoms with Crippen LogP contribution in [0.1, 0.15) is 22.6 Å². The van der Waals surface area contributed by atoms with Crippen LogP contribution in [0, 0.1) is 0 Å². The molecule has 0 spiro atoms. The maximum absolute atomic E-state index is 6.19. The number of nitrogens with zero attached hydrogens (tertiary/aromatic N) is 1. The Bertz CT molecular complexity index is 1080. The first-order valence-electron chi connectivity index (χ1n) is 8.36. The molecule has 1 unspecified atom stereocenters. The van der Waals surface area contributed by atoms with Gasteiger partial charge < -0.3 is 9.72 Å². The molecule has 4 aromatic rings. The van der Waals surface area contributed by atoms with Gasteiger partial charge in [-0.15, -0.1) is 0 Å². The van der Waals surface area contributed by atoms with Gasteiger partial charge in [0.1, 0.15) is 17.2 Å². The molecule has 2 aromatic heterocycles. The first-order chi connectivity index (χ1) is 12.4. The first-order valence-corrected chi connectivity index (χ1v) is 8.36. The molecule has 2 aromatic carbocycles. The van der Waals surface area contributed by atoms with E-state index in [1.807, 2.05) is 42.6 Å². The molecule has 1 N–H and O–H groups in total. The minimum atomic E-state index is 0.123. The topological polar surface area (TPSA) is 37.9 Å². The molecular formula is C22H16N2O. The Morgan fingerprint density at radius 3 is 2.60 bits per heavy atom. The smallest absolute Gasteiger partial charge is 0.137 e. The zero-order valence-corrected chi connectivity index (χ0v) is 13.5. The van der Waals surface area contributed by atoms with Gasteiger partial charge in [-0.05, 0) is 29.8 Å². The first kappa shape index (κ1) is 14.1. The average Bonchev–Trinajstić information content (AvgIpc) is 3.12. The Hall–Kier alpha value is -3.33. The molecule has 1 aliphatic rings. The van der Waals surface area contributed by atoms with Crippen molar-refractivity contribution >= 4 is 16.8 Å². The van der Waals surface area contributed by atoms with E-state index in [1.165, 1.54) is 11.1 Å². The minimum Gasteiger partial charge on any atom is -0.457 e. The fraction of sp³-hybridized carbons (Fsp3) is 0.0455. The molecule has 3 heterocycles. The summed E-state index contributed by atoms with van der Waals surface area (Å²) in [7, 11) is 0. The average molecular weight is 324 g/mol. The van der Waals surface area contributed by atoms with Crippen molar-refractivity contribution < 1.29 is 4.74 Å². The summed E-state index contributed by atoms with van der Waals surface area (Å²) in [6.45, 7) is 0. The van der Waals surface area contributed by atoms with Crippen molar-refractivity contribution in [1.82, 2.24) is 9.97 Å². The summed E-state index contributed by atoms with van der Waals surface area (Å²) in [6.07, 6.45) is 6.07. The molecule has 120 valence electrons. The number of rotatable bonds is 2. The van der Waals surface area contributed by atoms with Crippen molar-refractivity contribution in [3.63, 3.8) is 0 Å². The van der Waals surface area contributed by atoms with Crippen molar-refractivity contribution in [1.29, 1.82) is 0 Å². The van der Waals surface area contributed by atoms with Gasteiger partial charge in [0.25, 0.3) is 0 Å².